The van der Waals surface area contributed by atoms with Gasteiger partial charge in [-0.1, -0.05) is 36.8 Å². The summed E-state index contributed by atoms with van der Waals surface area (Å²) >= 11 is 0. The van der Waals surface area contributed by atoms with Gasteiger partial charge in [-0.15, -0.1) is 0 Å². The molecule has 10 nitrogen and oxygen atoms in total. The molecule has 1 atom stereocenters. The molecule has 32 heavy (non-hydrogen) atoms. The quantitative estimate of drug-likeness (QED) is 0.145. The van der Waals surface area contributed by atoms with Crippen LogP contribution in [0, 0.1) is 0 Å². The Morgan fingerprint density at radius 2 is 1.47 bits per heavy atom. The normalized spacial score (nSPS) is 11.3. The summed E-state index contributed by atoms with van der Waals surface area (Å²) in [5, 5.41) is 18.9. The van der Waals surface area contributed by atoms with E-state index in [0.717, 1.165) is 18.4 Å². The number of amides is 4. The first-order valence-corrected chi connectivity index (χ1v) is 10.9. The van der Waals surface area contributed by atoms with Gasteiger partial charge in [0.25, 0.3) is 0 Å². The summed E-state index contributed by atoms with van der Waals surface area (Å²) in [6.45, 7) is -0.282. The van der Waals surface area contributed by atoms with Gasteiger partial charge in [-0.2, -0.15) is 0 Å². The van der Waals surface area contributed by atoms with Crippen molar-refractivity contribution in [1.29, 1.82) is 0 Å². The molecule has 0 bridgehead atoms. The van der Waals surface area contributed by atoms with Crippen molar-refractivity contribution >= 4 is 23.6 Å². The highest BCUT2D eigenvalue weighted by Gasteiger charge is 2.16. The van der Waals surface area contributed by atoms with Crippen LogP contribution in [0.25, 0.3) is 0 Å². The third-order valence-corrected chi connectivity index (χ3v) is 4.69. The van der Waals surface area contributed by atoms with Gasteiger partial charge in [0.05, 0.1) is 13.1 Å². The number of rotatable bonds is 16. The number of aliphatic hydroxyl groups is 1. The molecule has 0 saturated heterocycles. The average Bonchev–Trinajstić information content (AvgIpc) is 2.78. The Bertz CT molecular complexity index is 714. The molecule has 1 rings (SSSR count). The van der Waals surface area contributed by atoms with Gasteiger partial charge in [0.2, 0.25) is 23.6 Å². The average molecular weight is 450 g/mol. The highest BCUT2D eigenvalue weighted by Crippen LogP contribution is 2.08. The summed E-state index contributed by atoms with van der Waals surface area (Å²) in [5.74, 6) is -1.38. The predicted molar refractivity (Wildman–Crippen MR) is 120 cm³/mol. The maximum absolute atomic E-state index is 12.3. The van der Waals surface area contributed by atoms with Gasteiger partial charge in [0.15, 0.2) is 0 Å². The van der Waals surface area contributed by atoms with Crippen molar-refractivity contribution in [2.45, 2.75) is 51.0 Å². The van der Waals surface area contributed by atoms with Crippen LogP contribution in [0.3, 0.4) is 0 Å². The van der Waals surface area contributed by atoms with Crippen molar-refractivity contribution in [3.8, 4) is 0 Å². The van der Waals surface area contributed by atoms with Gasteiger partial charge < -0.3 is 32.1 Å². The van der Waals surface area contributed by atoms with Crippen LogP contribution in [-0.2, 0) is 25.6 Å². The molecule has 7 N–H and O–H groups in total. The van der Waals surface area contributed by atoms with E-state index < -0.39 is 18.5 Å². The van der Waals surface area contributed by atoms with E-state index in [0.29, 0.717) is 32.2 Å². The van der Waals surface area contributed by atoms with Gasteiger partial charge in [0, 0.05) is 18.9 Å². The van der Waals surface area contributed by atoms with E-state index in [-0.39, 0.29) is 37.4 Å². The molecule has 10 heteroatoms. The van der Waals surface area contributed by atoms with Gasteiger partial charge >= 0.3 is 0 Å². The SMILES string of the molecule is NCCCCCC(=O)NCC(=O)NCC(=O)NC(CCC(=O)NCO)Cc1ccccc1. The molecule has 0 aliphatic carbocycles. The number of hydrogen-bond acceptors (Lipinski definition) is 6. The molecule has 0 aromatic heterocycles. The van der Waals surface area contributed by atoms with Crippen LogP contribution in [0.2, 0.25) is 0 Å². The van der Waals surface area contributed by atoms with Crippen LogP contribution in [0.15, 0.2) is 30.3 Å². The smallest absolute Gasteiger partial charge is 0.239 e. The van der Waals surface area contributed by atoms with Crippen molar-refractivity contribution < 1.29 is 24.3 Å². The van der Waals surface area contributed by atoms with Crippen LogP contribution >= 0.6 is 0 Å². The van der Waals surface area contributed by atoms with E-state index in [1.807, 2.05) is 30.3 Å². The fraction of sp³-hybridized carbons (Fsp3) is 0.545. The van der Waals surface area contributed by atoms with E-state index in [1.165, 1.54) is 0 Å². The molecule has 1 aromatic carbocycles. The lowest BCUT2D eigenvalue weighted by Gasteiger charge is -2.19. The fourth-order valence-corrected chi connectivity index (χ4v) is 3.00. The summed E-state index contributed by atoms with van der Waals surface area (Å²) in [7, 11) is 0. The number of carbonyl (C=O) groups is 4. The summed E-state index contributed by atoms with van der Waals surface area (Å²) in [6.07, 6.45) is 3.81. The molecule has 0 saturated carbocycles. The zero-order chi connectivity index (χ0) is 23.6. The highest BCUT2D eigenvalue weighted by atomic mass is 16.3. The van der Waals surface area contributed by atoms with E-state index >= 15 is 0 Å². The molecule has 0 spiro atoms. The van der Waals surface area contributed by atoms with Crippen LogP contribution in [0.1, 0.15) is 44.1 Å². The Kier molecular flexibility index (Phi) is 14.1. The first-order chi connectivity index (χ1) is 15.4. The van der Waals surface area contributed by atoms with E-state index in [2.05, 4.69) is 21.3 Å². The molecule has 0 aliphatic rings. The molecule has 0 heterocycles. The first-order valence-electron chi connectivity index (χ1n) is 10.9. The number of nitrogens with one attached hydrogen (secondary N) is 4. The Morgan fingerprint density at radius 1 is 0.812 bits per heavy atom. The van der Waals surface area contributed by atoms with Crippen LogP contribution in [0.5, 0.6) is 0 Å². The van der Waals surface area contributed by atoms with Gasteiger partial charge in [-0.05, 0) is 37.8 Å². The third-order valence-electron chi connectivity index (χ3n) is 4.69. The Balaban J connectivity index is 2.40. The Hall–Kier alpha value is -2.98. The molecular weight excluding hydrogens is 414 g/mol. The zero-order valence-corrected chi connectivity index (χ0v) is 18.4. The summed E-state index contributed by atoms with van der Waals surface area (Å²) in [5.41, 5.74) is 6.40. The van der Waals surface area contributed by atoms with Crippen molar-refractivity contribution in [2.24, 2.45) is 5.73 Å². The number of benzene rings is 1. The van der Waals surface area contributed by atoms with Gasteiger partial charge in [-0.25, -0.2) is 0 Å². The largest absolute Gasteiger partial charge is 0.377 e. The molecule has 0 aliphatic heterocycles. The number of aliphatic hydroxyl groups excluding tert-OH is 1. The number of nitrogens with two attached hydrogens (primary N) is 1. The van der Waals surface area contributed by atoms with E-state index in [9.17, 15) is 19.2 Å². The number of carbonyl (C=O) groups excluding carboxylic acids is 4. The second-order valence-electron chi connectivity index (χ2n) is 7.40. The second kappa shape index (κ2) is 16.7. The van der Waals surface area contributed by atoms with Crippen LogP contribution in [0.4, 0.5) is 0 Å². The standard InChI is InChI=1S/C22H35N5O5/c23-12-6-2-5-9-19(29)24-14-21(31)25-15-22(32)27-18(10-11-20(30)26-16-28)13-17-7-3-1-4-8-17/h1,3-4,7-8,18,28H,2,5-6,9-16,23H2,(H,24,29)(H,25,31)(H,26,30)(H,27,32). The third kappa shape index (κ3) is 13.3. The monoisotopic (exact) mass is 449 g/mol. The molecule has 0 radical (unpaired) electrons. The molecule has 178 valence electrons. The zero-order valence-electron chi connectivity index (χ0n) is 18.4. The Morgan fingerprint density at radius 3 is 2.16 bits per heavy atom. The maximum atomic E-state index is 12.3. The van der Waals surface area contributed by atoms with Crippen molar-refractivity contribution in [1.82, 2.24) is 21.3 Å². The predicted octanol–water partition coefficient (Wildman–Crippen LogP) is -0.688. The topological polar surface area (TPSA) is 163 Å². The lowest BCUT2D eigenvalue weighted by molar-refractivity contribution is -0.128. The number of unbranched alkanes of at least 4 members (excludes halogenated alkanes) is 2. The summed E-state index contributed by atoms with van der Waals surface area (Å²) < 4.78 is 0. The molecule has 1 aromatic rings. The maximum Gasteiger partial charge on any atom is 0.239 e. The second-order valence-corrected chi connectivity index (χ2v) is 7.40. The first kappa shape index (κ1) is 27.1. The minimum absolute atomic E-state index is 0.141. The minimum atomic E-state index is -0.461. The van der Waals surface area contributed by atoms with Crippen LogP contribution in [-0.4, -0.2) is 61.1 Å². The van der Waals surface area contributed by atoms with Crippen molar-refractivity contribution in [3.05, 3.63) is 35.9 Å². The van der Waals surface area contributed by atoms with E-state index in [4.69, 9.17) is 10.8 Å². The fourth-order valence-electron chi connectivity index (χ4n) is 3.00. The lowest BCUT2D eigenvalue weighted by Crippen LogP contribution is -2.45. The summed E-state index contributed by atoms with van der Waals surface area (Å²) in [4.78, 5) is 47.5. The minimum Gasteiger partial charge on any atom is -0.377 e. The molecule has 4 amide bonds. The van der Waals surface area contributed by atoms with Gasteiger partial charge in [-0.3, -0.25) is 19.2 Å². The van der Waals surface area contributed by atoms with Crippen LogP contribution < -0.4 is 27.0 Å². The molecule has 0 fully saturated rings. The number of hydrogen-bond donors (Lipinski definition) is 6. The van der Waals surface area contributed by atoms with Crippen molar-refractivity contribution in [2.75, 3.05) is 26.4 Å². The highest BCUT2D eigenvalue weighted by molar-refractivity contribution is 5.88. The van der Waals surface area contributed by atoms with E-state index in [1.54, 1.807) is 0 Å². The summed E-state index contributed by atoms with van der Waals surface area (Å²) in [6, 6.07) is 9.19. The molecule has 1 unspecified atom stereocenters. The lowest BCUT2D eigenvalue weighted by atomic mass is 10.0. The Labute approximate surface area is 188 Å². The van der Waals surface area contributed by atoms with Crippen molar-refractivity contribution in [3.63, 3.8) is 0 Å². The molecular formula is C22H35N5O5. The van der Waals surface area contributed by atoms with Gasteiger partial charge in [0.1, 0.15) is 6.73 Å².